The number of phenolic OH excluding ortho intramolecular Hbond substituents is 3. The number of oxime groups is 1. The Morgan fingerprint density at radius 1 is 0.936 bits per heavy atom. The highest BCUT2D eigenvalue weighted by Gasteiger charge is 2.62. The van der Waals surface area contributed by atoms with Gasteiger partial charge in [0.25, 0.3) is 5.56 Å². The summed E-state index contributed by atoms with van der Waals surface area (Å²) in [5, 5.41) is 38.1. The minimum absolute atomic E-state index is 0.0158. The second kappa shape index (κ2) is 10.5. The Hall–Kier alpha value is -5.46. The van der Waals surface area contributed by atoms with E-state index in [-0.39, 0.29) is 52.1 Å². The lowest BCUT2D eigenvalue weighted by molar-refractivity contribution is 0.0790. The quantitative estimate of drug-likeness (QED) is 0.1000. The number of carbonyl (C=O) groups is 4. The molecule has 0 unspecified atom stereocenters. The third-order valence-corrected chi connectivity index (χ3v) is 9.46. The van der Waals surface area contributed by atoms with Crippen molar-refractivity contribution in [1.29, 1.82) is 0 Å². The number of phenols is 3. The fraction of sp³-hybridized carbons (Fsp3) is 0.152. The standard InChI is InChI=1S/C33H20Cl2N2O10/c1-46-18-9-17(38)20-21(26(18)39)28(41)23-22(27(20)40)30(43)33(31(23)44)7-6-15-24(33)29(42)19-16(25(15)35)8-14(37-32(19)45)10-36-47-11-12-2-4-13(34)5-3-12/h2-5,8-10,40-42H,6-7,11H2,1H3,(H,37,45)/t33-/m0/s1. The molecule has 7 rings (SSSR count). The van der Waals surface area contributed by atoms with Gasteiger partial charge in [-0.05, 0) is 42.2 Å². The largest absolute Gasteiger partial charge is 0.507 e. The van der Waals surface area contributed by atoms with E-state index in [2.05, 4.69) is 10.1 Å². The predicted octanol–water partition coefficient (Wildman–Crippen LogP) is 4.67. The van der Waals surface area contributed by atoms with Gasteiger partial charge < -0.3 is 29.9 Å². The van der Waals surface area contributed by atoms with E-state index in [1.807, 2.05) is 0 Å². The molecule has 3 aliphatic rings. The number of carbonyl (C=O) groups excluding carboxylic acids is 4. The first-order chi connectivity index (χ1) is 22.4. The number of ketones is 4. The number of benzene rings is 3. The molecule has 14 heteroatoms. The molecule has 1 aromatic heterocycles. The highest BCUT2D eigenvalue weighted by Crippen LogP contribution is 2.58. The zero-order valence-electron chi connectivity index (χ0n) is 24.1. The van der Waals surface area contributed by atoms with Gasteiger partial charge in [0.05, 0.1) is 51.7 Å². The molecule has 1 spiro atoms. The molecule has 0 saturated heterocycles. The van der Waals surface area contributed by atoms with E-state index in [9.17, 15) is 39.3 Å². The van der Waals surface area contributed by atoms with Crippen LogP contribution >= 0.6 is 23.2 Å². The Labute approximate surface area is 273 Å². The van der Waals surface area contributed by atoms with Gasteiger partial charge in [0.2, 0.25) is 5.78 Å². The summed E-state index contributed by atoms with van der Waals surface area (Å²) < 4.78 is 4.92. The number of Topliss-reactive ketones (excluding diaryl/α,β-unsaturated/α-hetero) is 3. The fourth-order valence-corrected chi connectivity index (χ4v) is 7.12. The predicted molar refractivity (Wildman–Crippen MR) is 167 cm³/mol. The van der Waals surface area contributed by atoms with Crippen LogP contribution in [0.4, 0.5) is 0 Å². The maximum atomic E-state index is 14.2. The van der Waals surface area contributed by atoms with Gasteiger partial charge in [0, 0.05) is 22.0 Å². The highest BCUT2D eigenvalue weighted by atomic mass is 35.5. The topological polar surface area (TPSA) is 193 Å². The number of aromatic amines is 1. The second-order valence-electron chi connectivity index (χ2n) is 11.2. The molecule has 0 bridgehead atoms. The molecule has 4 aromatic rings. The summed E-state index contributed by atoms with van der Waals surface area (Å²) in [5.41, 5.74) is -4.85. The average Bonchev–Trinajstić information content (AvgIpc) is 3.55. The number of fused-ring (bicyclic) bond motifs is 5. The number of methoxy groups -OCH3 is 1. The highest BCUT2D eigenvalue weighted by molar-refractivity contribution is 6.41. The van der Waals surface area contributed by atoms with Crippen molar-refractivity contribution in [2.75, 3.05) is 7.11 Å². The van der Waals surface area contributed by atoms with Crippen LogP contribution in [0.25, 0.3) is 10.8 Å². The molecule has 1 heterocycles. The van der Waals surface area contributed by atoms with Gasteiger partial charge in [-0.15, -0.1) is 0 Å². The number of hydrogen-bond donors (Lipinski definition) is 4. The summed E-state index contributed by atoms with van der Waals surface area (Å²) in [4.78, 5) is 75.4. The van der Waals surface area contributed by atoms with Crippen LogP contribution in [-0.4, -0.2) is 56.8 Å². The lowest BCUT2D eigenvalue weighted by atomic mass is 9.76. The summed E-state index contributed by atoms with van der Waals surface area (Å²) >= 11 is 12.7. The summed E-state index contributed by atoms with van der Waals surface area (Å²) in [6.45, 7) is 0.119. The Bertz CT molecular complexity index is 2290. The molecule has 0 saturated carbocycles. The second-order valence-corrected chi connectivity index (χ2v) is 12.0. The van der Waals surface area contributed by atoms with Crippen molar-refractivity contribution >= 4 is 63.3 Å². The van der Waals surface area contributed by atoms with Gasteiger partial charge in [0.15, 0.2) is 23.1 Å². The zero-order valence-corrected chi connectivity index (χ0v) is 25.6. The first kappa shape index (κ1) is 30.2. The van der Waals surface area contributed by atoms with Crippen LogP contribution < -0.4 is 5.56 Å². The number of pyridine rings is 1. The molecule has 3 aliphatic carbocycles. The van der Waals surface area contributed by atoms with E-state index in [1.54, 1.807) is 24.3 Å². The number of aromatic nitrogens is 1. The third-order valence-electron chi connectivity index (χ3n) is 8.77. The number of ether oxygens (including phenoxy) is 1. The van der Waals surface area contributed by atoms with Crippen molar-refractivity contribution < 1.29 is 44.1 Å². The van der Waals surface area contributed by atoms with Gasteiger partial charge in [-0.2, -0.15) is 0 Å². The monoisotopic (exact) mass is 674 g/mol. The van der Waals surface area contributed by atoms with E-state index in [1.165, 1.54) is 12.3 Å². The Morgan fingerprint density at radius 3 is 2.26 bits per heavy atom. The van der Waals surface area contributed by atoms with Crippen molar-refractivity contribution in [2.45, 2.75) is 24.9 Å². The van der Waals surface area contributed by atoms with Crippen LogP contribution in [0.2, 0.25) is 10.0 Å². The van der Waals surface area contributed by atoms with Gasteiger partial charge >= 0.3 is 0 Å². The molecule has 236 valence electrons. The van der Waals surface area contributed by atoms with Crippen LogP contribution in [0.3, 0.4) is 0 Å². The number of nitrogens with one attached hydrogen (secondary N) is 1. The summed E-state index contributed by atoms with van der Waals surface area (Å²) in [7, 11) is 1.12. The van der Waals surface area contributed by atoms with E-state index >= 15 is 0 Å². The van der Waals surface area contributed by atoms with E-state index in [0.29, 0.717) is 5.02 Å². The van der Waals surface area contributed by atoms with Crippen LogP contribution in [0.15, 0.2) is 52.1 Å². The molecule has 4 N–H and O–H groups in total. The number of rotatable bonds is 5. The van der Waals surface area contributed by atoms with Crippen LogP contribution in [0.1, 0.15) is 70.2 Å². The molecular weight excluding hydrogens is 655 g/mol. The first-order valence-corrected chi connectivity index (χ1v) is 14.7. The Balaban J connectivity index is 1.33. The van der Waals surface area contributed by atoms with Gasteiger partial charge in [-0.1, -0.05) is 40.5 Å². The number of aromatic hydroxyl groups is 3. The Morgan fingerprint density at radius 2 is 1.60 bits per heavy atom. The number of halogens is 2. The molecule has 3 aromatic carbocycles. The first-order valence-electron chi connectivity index (χ1n) is 14.0. The summed E-state index contributed by atoms with van der Waals surface area (Å²) in [6.07, 6.45) is 1.76. The molecule has 12 nitrogen and oxygen atoms in total. The van der Waals surface area contributed by atoms with Crippen molar-refractivity contribution in [1.82, 2.24) is 4.98 Å². The molecular formula is C33H20Cl2N2O10. The summed E-state index contributed by atoms with van der Waals surface area (Å²) in [5.74, 6) is -7.07. The maximum absolute atomic E-state index is 14.2. The molecule has 1 atom stereocenters. The van der Waals surface area contributed by atoms with E-state index in [0.717, 1.165) is 18.7 Å². The number of H-pyrrole nitrogens is 1. The number of nitrogens with zero attached hydrogens (tertiary/aromatic N) is 1. The van der Waals surface area contributed by atoms with Crippen LogP contribution in [0.5, 0.6) is 17.2 Å². The van der Waals surface area contributed by atoms with Crippen molar-refractivity contribution in [2.24, 2.45) is 5.16 Å². The van der Waals surface area contributed by atoms with Crippen LogP contribution in [0, 0.1) is 0 Å². The average molecular weight is 675 g/mol. The number of allylic oxidation sites excluding steroid dienone is 2. The van der Waals surface area contributed by atoms with Crippen molar-refractivity contribution in [3.63, 3.8) is 0 Å². The minimum atomic E-state index is -2.22. The fourth-order valence-electron chi connectivity index (χ4n) is 6.66. The zero-order chi connectivity index (χ0) is 33.5. The summed E-state index contributed by atoms with van der Waals surface area (Å²) in [6, 6.07) is 8.35. The normalized spacial score (nSPS) is 18.2. The van der Waals surface area contributed by atoms with Gasteiger partial charge in [0.1, 0.15) is 29.3 Å². The lowest BCUT2D eigenvalue weighted by Gasteiger charge is -2.23. The Kier molecular flexibility index (Phi) is 6.78. The molecule has 0 radical (unpaired) electrons. The van der Waals surface area contributed by atoms with Gasteiger partial charge in [-0.3, -0.25) is 24.0 Å². The number of hydrogen-bond acceptors (Lipinski definition) is 11. The smallest absolute Gasteiger partial charge is 0.260 e. The van der Waals surface area contributed by atoms with Crippen LogP contribution in [-0.2, 0) is 28.0 Å². The third kappa shape index (κ3) is 4.08. The maximum Gasteiger partial charge on any atom is 0.260 e. The SMILES string of the molecule is COC1=CC(=O)c2c(O)c3c(c(O)c2C1=O)C(=O)[C@]1(CCc2c1c(O)c1c(=O)[nH]c(C=NOCc4ccc(Cl)cc4)cc1c2Cl)C3=O. The molecule has 47 heavy (non-hydrogen) atoms. The lowest BCUT2D eigenvalue weighted by Crippen LogP contribution is -2.36. The molecule has 0 fully saturated rings. The van der Waals surface area contributed by atoms with E-state index in [4.69, 9.17) is 32.8 Å². The molecule has 0 amide bonds. The van der Waals surface area contributed by atoms with Crippen molar-refractivity contribution in [3.05, 3.63) is 107 Å². The van der Waals surface area contributed by atoms with Crippen molar-refractivity contribution in [3.8, 4) is 17.2 Å². The van der Waals surface area contributed by atoms with E-state index < -0.39 is 79.4 Å². The molecule has 0 aliphatic heterocycles. The van der Waals surface area contributed by atoms with Gasteiger partial charge in [-0.25, -0.2) is 0 Å². The minimum Gasteiger partial charge on any atom is -0.507 e.